The van der Waals surface area contributed by atoms with Crippen LogP contribution in [-0.4, -0.2) is 19.3 Å². The van der Waals surface area contributed by atoms with Gasteiger partial charge in [-0.2, -0.15) is 0 Å². The maximum atomic E-state index is 5.97. The molecule has 0 radical (unpaired) electrons. The van der Waals surface area contributed by atoms with Crippen LogP contribution >= 0.6 is 0 Å². The molecule has 0 aromatic heterocycles. The van der Waals surface area contributed by atoms with Crippen LogP contribution in [0.15, 0.2) is 0 Å². The molecule has 68 valence electrons. The van der Waals surface area contributed by atoms with E-state index in [-0.39, 0.29) is 12.1 Å². The lowest BCUT2D eigenvalue weighted by Gasteiger charge is -2.25. The highest BCUT2D eigenvalue weighted by atomic mass is 16.5. The van der Waals surface area contributed by atoms with Gasteiger partial charge in [-0.25, -0.2) is 0 Å². The summed E-state index contributed by atoms with van der Waals surface area (Å²) in [7, 11) is 1.73. The van der Waals surface area contributed by atoms with Crippen LogP contribution in [0.25, 0.3) is 0 Å². The van der Waals surface area contributed by atoms with E-state index in [1.165, 1.54) is 0 Å². The van der Waals surface area contributed by atoms with Gasteiger partial charge in [-0.05, 0) is 12.3 Å². The molecule has 3 atom stereocenters. The van der Waals surface area contributed by atoms with E-state index in [1.807, 2.05) is 0 Å². The molecule has 0 aliphatic rings. The monoisotopic (exact) mass is 159 g/mol. The lowest BCUT2D eigenvalue weighted by molar-refractivity contribution is 0.0607. The maximum absolute atomic E-state index is 5.97. The van der Waals surface area contributed by atoms with E-state index in [2.05, 4.69) is 20.8 Å². The Morgan fingerprint density at radius 3 is 2.09 bits per heavy atom. The molecule has 0 amide bonds. The Balaban J connectivity index is 3.86. The van der Waals surface area contributed by atoms with Gasteiger partial charge in [0.25, 0.3) is 0 Å². The molecule has 0 bridgehead atoms. The van der Waals surface area contributed by atoms with Crippen LogP contribution in [0.5, 0.6) is 0 Å². The molecule has 0 heterocycles. The molecule has 11 heavy (non-hydrogen) atoms. The number of hydrogen-bond acceptors (Lipinski definition) is 2. The second kappa shape index (κ2) is 5.56. The van der Waals surface area contributed by atoms with Crippen LogP contribution in [-0.2, 0) is 4.74 Å². The third-order valence-corrected chi connectivity index (χ3v) is 2.44. The van der Waals surface area contributed by atoms with Crippen molar-refractivity contribution in [1.29, 1.82) is 0 Å². The van der Waals surface area contributed by atoms with Gasteiger partial charge in [-0.1, -0.05) is 27.2 Å². The molecule has 0 spiro atoms. The van der Waals surface area contributed by atoms with Gasteiger partial charge in [0.15, 0.2) is 0 Å². The summed E-state index contributed by atoms with van der Waals surface area (Å²) in [5, 5.41) is 0. The predicted molar refractivity (Wildman–Crippen MR) is 48.5 cm³/mol. The van der Waals surface area contributed by atoms with Gasteiger partial charge in [0.1, 0.15) is 0 Å². The zero-order valence-electron chi connectivity index (χ0n) is 8.13. The zero-order chi connectivity index (χ0) is 8.85. The van der Waals surface area contributed by atoms with Crippen molar-refractivity contribution in [1.82, 2.24) is 0 Å². The highest BCUT2D eigenvalue weighted by Crippen LogP contribution is 2.12. The smallest absolute Gasteiger partial charge is 0.0722 e. The molecule has 0 rings (SSSR count). The molecule has 0 saturated heterocycles. The molecule has 2 nitrogen and oxygen atoms in total. The fraction of sp³-hybridized carbons (Fsp3) is 1.00. The minimum atomic E-state index is 0.190. The number of nitrogens with two attached hydrogens (primary N) is 1. The minimum absolute atomic E-state index is 0.190. The molecular formula is C9H21NO. The van der Waals surface area contributed by atoms with Crippen LogP contribution in [0.4, 0.5) is 0 Å². The van der Waals surface area contributed by atoms with Crippen molar-refractivity contribution in [2.75, 3.05) is 7.11 Å². The highest BCUT2D eigenvalue weighted by molar-refractivity contribution is 4.76. The summed E-state index contributed by atoms with van der Waals surface area (Å²) in [6.45, 7) is 6.44. The normalized spacial score (nSPS) is 19.4. The van der Waals surface area contributed by atoms with Gasteiger partial charge in [0.05, 0.1) is 6.10 Å². The standard InChI is InChI=1S/C9H21NO/c1-5-7(3)9(10)8(6-2)11-4/h7-9H,5-6,10H2,1-4H3. The van der Waals surface area contributed by atoms with Gasteiger partial charge in [-0.3, -0.25) is 0 Å². The molecule has 0 aromatic rings. The summed E-state index contributed by atoms with van der Waals surface area (Å²) in [6.07, 6.45) is 2.35. The third kappa shape index (κ3) is 3.21. The second-order valence-corrected chi connectivity index (χ2v) is 3.15. The van der Waals surface area contributed by atoms with Crippen LogP contribution in [0.3, 0.4) is 0 Å². The fourth-order valence-electron chi connectivity index (χ4n) is 1.23. The lowest BCUT2D eigenvalue weighted by Crippen LogP contribution is -2.40. The Kier molecular flexibility index (Phi) is 5.51. The number of ether oxygens (including phenoxy) is 1. The van der Waals surface area contributed by atoms with E-state index < -0.39 is 0 Å². The SMILES string of the molecule is CCC(C)C(N)C(CC)OC. The molecule has 2 N–H and O–H groups in total. The number of hydrogen-bond donors (Lipinski definition) is 1. The van der Waals surface area contributed by atoms with Gasteiger partial charge in [-0.15, -0.1) is 0 Å². The summed E-state index contributed by atoms with van der Waals surface area (Å²) >= 11 is 0. The lowest BCUT2D eigenvalue weighted by atomic mass is 9.94. The second-order valence-electron chi connectivity index (χ2n) is 3.15. The van der Waals surface area contributed by atoms with E-state index in [9.17, 15) is 0 Å². The van der Waals surface area contributed by atoms with Gasteiger partial charge >= 0.3 is 0 Å². The summed E-state index contributed by atoms with van der Waals surface area (Å²) in [5.74, 6) is 0.555. The Morgan fingerprint density at radius 2 is 1.82 bits per heavy atom. The van der Waals surface area contributed by atoms with Crippen molar-refractivity contribution in [3.8, 4) is 0 Å². The van der Waals surface area contributed by atoms with E-state index in [4.69, 9.17) is 10.5 Å². The average Bonchev–Trinajstić information content (AvgIpc) is 2.05. The first kappa shape index (κ1) is 10.9. The molecule has 0 saturated carbocycles. The van der Waals surface area contributed by atoms with Crippen LogP contribution in [0.1, 0.15) is 33.6 Å². The summed E-state index contributed by atoms with van der Waals surface area (Å²) in [4.78, 5) is 0. The van der Waals surface area contributed by atoms with Crippen molar-refractivity contribution in [3.05, 3.63) is 0 Å². The van der Waals surface area contributed by atoms with Crippen molar-refractivity contribution in [2.45, 2.75) is 45.8 Å². The summed E-state index contributed by atoms with van der Waals surface area (Å²) < 4.78 is 5.26. The molecule has 3 unspecified atom stereocenters. The molecule has 0 fully saturated rings. The van der Waals surface area contributed by atoms with Crippen LogP contribution < -0.4 is 5.73 Å². The predicted octanol–water partition coefficient (Wildman–Crippen LogP) is 1.78. The van der Waals surface area contributed by atoms with Gasteiger partial charge in [0.2, 0.25) is 0 Å². The Bertz CT molecular complexity index is 91.6. The molecule has 0 aliphatic carbocycles. The molecule has 0 aliphatic heterocycles. The molecule has 2 heteroatoms. The number of rotatable bonds is 5. The molecule has 0 aromatic carbocycles. The Labute approximate surface area is 70.1 Å². The van der Waals surface area contributed by atoms with Crippen LogP contribution in [0, 0.1) is 5.92 Å². The van der Waals surface area contributed by atoms with E-state index in [0.29, 0.717) is 5.92 Å². The van der Waals surface area contributed by atoms with Crippen molar-refractivity contribution in [3.63, 3.8) is 0 Å². The summed E-state index contributed by atoms with van der Waals surface area (Å²) in [6, 6.07) is 0.190. The van der Waals surface area contributed by atoms with E-state index >= 15 is 0 Å². The molecular weight excluding hydrogens is 138 g/mol. The first-order valence-electron chi connectivity index (χ1n) is 4.45. The van der Waals surface area contributed by atoms with Crippen LogP contribution in [0.2, 0.25) is 0 Å². The topological polar surface area (TPSA) is 35.2 Å². The minimum Gasteiger partial charge on any atom is -0.380 e. The third-order valence-electron chi connectivity index (χ3n) is 2.44. The first-order chi connectivity index (χ1) is 5.17. The summed E-state index contributed by atoms with van der Waals surface area (Å²) in [5.41, 5.74) is 5.97. The highest BCUT2D eigenvalue weighted by Gasteiger charge is 2.19. The first-order valence-corrected chi connectivity index (χ1v) is 4.45. The van der Waals surface area contributed by atoms with Crippen molar-refractivity contribution >= 4 is 0 Å². The number of methoxy groups -OCH3 is 1. The Morgan fingerprint density at radius 1 is 1.27 bits per heavy atom. The Hall–Kier alpha value is -0.0800. The van der Waals surface area contributed by atoms with Crippen molar-refractivity contribution < 1.29 is 4.74 Å². The quantitative estimate of drug-likeness (QED) is 0.663. The fourth-order valence-corrected chi connectivity index (χ4v) is 1.23. The van der Waals surface area contributed by atoms with Gasteiger partial charge < -0.3 is 10.5 Å². The largest absolute Gasteiger partial charge is 0.380 e. The maximum Gasteiger partial charge on any atom is 0.0722 e. The van der Waals surface area contributed by atoms with Crippen molar-refractivity contribution in [2.24, 2.45) is 11.7 Å². The zero-order valence-corrected chi connectivity index (χ0v) is 8.13. The van der Waals surface area contributed by atoms with E-state index in [0.717, 1.165) is 12.8 Å². The van der Waals surface area contributed by atoms with E-state index in [1.54, 1.807) is 7.11 Å². The van der Waals surface area contributed by atoms with Gasteiger partial charge in [0, 0.05) is 13.2 Å². The average molecular weight is 159 g/mol.